The van der Waals surface area contributed by atoms with Gasteiger partial charge in [0.05, 0.1) is 0 Å². The molecule has 2 fully saturated rings. The van der Waals surface area contributed by atoms with Crippen molar-refractivity contribution >= 4 is 0 Å². The molecule has 1 unspecified atom stereocenters. The van der Waals surface area contributed by atoms with Crippen LogP contribution in [0.5, 0.6) is 0 Å². The molecular weight excluding hydrogens is 188 g/mol. The van der Waals surface area contributed by atoms with Crippen LogP contribution < -0.4 is 5.32 Å². The molecule has 0 aromatic rings. The van der Waals surface area contributed by atoms with Crippen LogP contribution in [0.15, 0.2) is 0 Å². The monoisotopic (exact) mass is 212 g/mol. The quantitative estimate of drug-likeness (QED) is 0.667. The molecule has 0 aromatic carbocycles. The molecule has 1 aliphatic heterocycles. The molecule has 1 aliphatic carbocycles. The first kappa shape index (κ1) is 11.4. The summed E-state index contributed by atoms with van der Waals surface area (Å²) in [4.78, 5) is 2.67. The Morgan fingerprint density at radius 3 is 2.73 bits per heavy atom. The minimum atomic E-state index is 0.313. The summed E-state index contributed by atoms with van der Waals surface area (Å²) in [5.74, 6) is 0. The fourth-order valence-electron chi connectivity index (χ4n) is 2.51. The van der Waals surface area contributed by atoms with Crippen LogP contribution in [-0.4, -0.2) is 48.3 Å². The van der Waals surface area contributed by atoms with Gasteiger partial charge in [-0.2, -0.15) is 0 Å². The third-order valence-corrected chi connectivity index (χ3v) is 3.59. The lowest BCUT2D eigenvalue weighted by atomic mass is 10.1. The van der Waals surface area contributed by atoms with Gasteiger partial charge in [0.25, 0.3) is 0 Å². The number of aliphatic hydroxyl groups excluding tert-OH is 1. The average molecular weight is 212 g/mol. The third-order valence-electron chi connectivity index (χ3n) is 3.59. The highest BCUT2D eigenvalue weighted by Gasteiger charge is 2.30. The SMILES string of the molecule is OCCCNC1CCCN(C2CC2)CC1. The summed E-state index contributed by atoms with van der Waals surface area (Å²) in [7, 11) is 0. The van der Waals surface area contributed by atoms with Crippen LogP contribution in [0.2, 0.25) is 0 Å². The van der Waals surface area contributed by atoms with Gasteiger partial charge in [-0.25, -0.2) is 0 Å². The highest BCUT2D eigenvalue weighted by Crippen LogP contribution is 2.28. The first-order valence-electron chi connectivity index (χ1n) is 6.48. The Labute approximate surface area is 92.8 Å². The van der Waals surface area contributed by atoms with Crippen LogP contribution in [0, 0.1) is 0 Å². The molecule has 2 aliphatic rings. The summed E-state index contributed by atoms with van der Waals surface area (Å²) < 4.78 is 0. The van der Waals surface area contributed by atoms with Crippen LogP contribution >= 0.6 is 0 Å². The summed E-state index contributed by atoms with van der Waals surface area (Å²) in [6, 6.07) is 1.63. The predicted octanol–water partition coefficient (Wildman–Crippen LogP) is 0.975. The smallest absolute Gasteiger partial charge is 0.0443 e. The molecule has 3 nitrogen and oxygen atoms in total. The molecular formula is C12H24N2O. The van der Waals surface area contributed by atoms with E-state index in [2.05, 4.69) is 10.2 Å². The van der Waals surface area contributed by atoms with E-state index in [9.17, 15) is 0 Å². The third kappa shape index (κ3) is 3.74. The van der Waals surface area contributed by atoms with Gasteiger partial charge in [-0.3, -0.25) is 0 Å². The first-order valence-corrected chi connectivity index (χ1v) is 6.48. The highest BCUT2D eigenvalue weighted by atomic mass is 16.3. The van der Waals surface area contributed by atoms with Crippen molar-refractivity contribution < 1.29 is 5.11 Å². The molecule has 0 bridgehead atoms. The second kappa shape index (κ2) is 5.83. The summed E-state index contributed by atoms with van der Waals surface area (Å²) >= 11 is 0. The molecule has 1 saturated carbocycles. The van der Waals surface area contributed by atoms with E-state index >= 15 is 0 Å². The zero-order chi connectivity index (χ0) is 10.5. The van der Waals surface area contributed by atoms with Crippen LogP contribution in [0.4, 0.5) is 0 Å². The molecule has 3 heteroatoms. The lowest BCUT2D eigenvalue weighted by Crippen LogP contribution is -2.32. The number of nitrogens with one attached hydrogen (secondary N) is 1. The van der Waals surface area contributed by atoms with Gasteiger partial charge in [-0.1, -0.05) is 0 Å². The van der Waals surface area contributed by atoms with Crippen molar-refractivity contribution in [2.24, 2.45) is 0 Å². The number of nitrogens with zero attached hydrogens (tertiary/aromatic N) is 1. The summed E-state index contributed by atoms with van der Waals surface area (Å²) in [5.41, 5.74) is 0. The Balaban J connectivity index is 1.65. The van der Waals surface area contributed by atoms with Crippen molar-refractivity contribution in [1.29, 1.82) is 0 Å². The van der Waals surface area contributed by atoms with Gasteiger partial charge in [0.15, 0.2) is 0 Å². The second-order valence-electron chi connectivity index (χ2n) is 4.93. The maximum Gasteiger partial charge on any atom is 0.0443 e. The van der Waals surface area contributed by atoms with Crippen LogP contribution in [0.25, 0.3) is 0 Å². The van der Waals surface area contributed by atoms with Crippen molar-refractivity contribution in [3.05, 3.63) is 0 Å². The molecule has 0 aromatic heterocycles. The molecule has 2 N–H and O–H groups in total. The topological polar surface area (TPSA) is 35.5 Å². The lowest BCUT2D eigenvalue weighted by molar-refractivity contribution is 0.268. The normalized spacial score (nSPS) is 29.0. The molecule has 0 spiro atoms. The van der Waals surface area contributed by atoms with Gasteiger partial charge in [0.2, 0.25) is 0 Å². The van der Waals surface area contributed by atoms with Crippen molar-refractivity contribution in [2.75, 3.05) is 26.2 Å². The molecule has 0 radical (unpaired) electrons. The number of rotatable bonds is 5. The Bertz CT molecular complexity index is 182. The highest BCUT2D eigenvalue weighted by molar-refractivity contribution is 4.87. The van der Waals surface area contributed by atoms with Crippen LogP contribution in [-0.2, 0) is 0 Å². The maximum absolute atomic E-state index is 8.73. The summed E-state index contributed by atoms with van der Waals surface area (Å²) in [6.45, 7) is 3.88. The van der Waals surface area contributed by atoms with Gasteiger partial charge < -0.3 is 15.3 Å². The van der Waals surface area contributed by atoms with E-state index in [1.807, 2.05) is 0 Å². The van der Waals surface area contributed by atoms with E-state index in [-0.39, 0.29) is 0 Å². The van der Waals surface area contributed by atoms with Gasteiger partial charge in [0, 0.05) is 18.7 Å². The van der Waals surface area contributed by atoms with E-state index in [0.717, 1.165) is 19.0 Å². The molecule has 1 atom stereocenters. The zero-order valence-corrected chi connectivity index (χ0v) is 9.62. The Morgan fingerprint density at radius 1 is 1.13 bits per heavy atom. The van der Waals surface area contributed by atoms with Gasteiger partial charge in [0.1, 0.15) is 0 Å². The van der Waals surface area contributed by atoms with Gasteiger partial charge in [-0.05, 0) is 58.2 Å². The summed E-state index contributed by atoms with van der Waals surface area (Å²) in [6.07, 6.45) is 7.71. The average Bonchev–Trinajstić information content (AvgIpc) is 3.04. The van der Waals surface area contributed by atoms with Crippen molar-refractivity contribution in [2.45, 2.75) is 50.6 Å². The molecule has 2 rings (SSSR count). The Hall–Kier alpha value is -0.120. The summed E-state index contributed by atoms with van der Waals surface area (Å²) in [5, 5.41) is 12.3. The van der Waals surface area contributed by atoms with Gasteiger partial charge >= 0.3 is 0 Å². The Kier molecular flexibility index (Phi) is 4.42. The first-order chi connectivity index (χ1) is 7.40. The molecule has 15 heavy (non-hydrogen) atoms. The number of hydrogen-bond donors (Lipinski definition) is 2. The Morgan fingerprint density at radius 2 is 2.00 bits per heavy atom. The molecule has 1 saturated heterocycles. The molecule has 1 heterocycles. The van der Waals surface area contributed by atoms with E-state index < -0.39 is 0 Å². The largest absolute Gasteiger partial charge is 0.396 e. The molecule has 88 valence electrons. The van der Waals surface area contributed by atoms with E-state index in [1.54, 1.807) is 0 Å². The lowest BCUT2D eigenvalue weighted by Gasteiger charge is -2.19. The number of aliphatic hydroxyl groups is 1. The fourth-order valence-corrected chi connectivity index (χ4v) is 2.51. The van der Waals surface area contributed by atoms with Crippen molar-refractivity contribution in [3.63, 3.8) is 0 Å². The van der Waals surface area contributed by atoms with E-state index in [1.165, 1.54) is 45.2 Å². The van der Waals surface area contributed by atoms with Crippen molar-refractivity contribution in [3.8, 4) is 0 Å². The van der Waals surface area contributed by atoms with E-state index in [0.29, 0.717) is 12.6 Å². The maximum atomic E-state index is 8.73. The second-order valence-corrected chi connectivity index (χ2v) is 4.93. The van der Waals surface area contributed by atoms with Crippen molar-refractivity contribution in [1.82, 2.24) is 10.2 Å². The number of likely N-dealkylation sites (tertiary alicyclic amines) is 1. The van der Waals surface area contributed by atoms with Crippen LogP contribution in [0.3, 0.4) is 0 Å². The van der Waals surface area contributed by atoms with Crippen LogP contribution in [0.1, 0.15) is 38.5 Å². The standard InChI is InChI=1S/C12H24N2O/c15-10-2-7-13-11-3-1-8-14(9-6-11)12-4-5-12/h11-13,15H,1-10H2. The predicted molar refractivity (Wildman–Crippen MR) is 61.9 cm³/mol. The zero-order valence-electron chi connectivity index (χ0n) is 9.62. The number of hydrogen-bond acceptors (Lipinski definition) is 3. The fraction of sp³-hybridized carbons (Fsp3) is 1.00. The minimum absolute atomic E-state index is 0.313. The minimum Gasteiger partial charge on any atom is -0.396 e. The molecule has 0 amide bonds. The van der Waals surface area contributed by atoms with E-state index in [4.69, 9.17) is 5.11 Å². The van der Waals surface area contributed by atoms with Gasteiger partial charge in [-0.15, -0.1) is 0 Å².